The zero-order chi connectivity index (χ0) is 13.2. The first kappa shape index (κ1) is 13.0. The zero-order valence-corrected chi connectivity index (χ0v) is 12.0. The van der Waals surface area contributed by atoms with Gasteiger partial charge in [0.25, 0.3) is 0 Å². The molecule has 5 nitrogen and oxygen atoms in total. The maximum atomic E-state index is 4.18. The van der Waals surface area contributed by atoms with Crippen LogP contribution in [0.5, 0.6) is 0 Å². The molecule has 0 amide bonds. The van der Waals surface area contributed by atoms with E-state index >= 15 is 0 Å². The molecule has 2 saturated carbocycles. The van der Waals surface area contributed by atoms with Gasteiger partial charge in [-0.15, -0.1) is 5.10 Å². The number of fused-ring (bicyclic) bond motifs is 2. The van der Waals surface area contributed by atoms with E-state index in [0.717, 1.165) is 43.2 Å². The Morgan fingerprint density at radius 3 is 2.89 bits per heavy atom. The summed E-state index contributed by atoms with van der Waals surface area (Å²) in [5.41, 5.74) is 0. The Hall–Kier alpha value is -0.970. The van der Waals surface area contributed by atoms with Crippen LogP contribution in [0.15, 0.2) is 0 Å². The third-order valence-electron chi connectivity index (χ3n) is 4.73. The maximum Gasteiger partial charge on any atom is 0.165 e. The summed E-state index contributed by atoms with van der Waals surface area (Å²) in [4.78, 5) is 0. The Bertz CT molecular complexity index is 414. The van der Waals surface area contributed by atoms with Gasteiger partial charge in [-0.25, -0.2) is 4.68 Å². The molecule has 0 spiro atoms. The molecule has 1 aromatic rings. The van der Waals surface area contributed by atoms with Crippen LogP contribution >= 0.6 is 0 Å². The summed E-state index contributed by atoms with van der Waals surface area (Å²) in [7, 11) is 0. The van der Waals surface area contributed by atoms with Gasteiger partial charge in [0.05, 0.1) is 6.54 Å². The van der Waals surface area contributed by atoms with Crippen molar-refractivity contribution < 1.29 is 0 Å². The lowest BCUT2D eigenvalue weighted by molar-refractivity contribution is 0.279. The second-order valence-corrected chi connectivity index (χ2v) is 6.74. The summed E-state index contributed by atoms with van der Waals surface area (Å²) in [6.45, 7) is 7.25. The van der Waals surface area contributed by atoms with E-state index in [-0.39, 0.29) is 0 Å². The Morgan fingerprint density at radius 1 is 1.32 bits per heavy atom. The molecule has 0 aromatic carbocycles. The summed E-state index contributed by atoms with van der Waals surface area (Å²) in [5, 5.41) is 15.6. The van der Waals surface area contributed by atoms with Gasteiger partial charge >= 0.3 is 0 Å². The highest BCUT2D eigenvalue weighted by atomic mass is 15.5. The average molecular weight is 263 g/mol. The molecule has 0 aliphatic heterocycles. The van der Waals surface area contributed by atoms with Gasteiger partial charge in [0.2, 0.25) is 0 Å². The molecule has 3 unspecified atom stereocenters. The van der Waals surface area contributed by atoms with Gasteiger partial charge < -0.3 is 5.32 Å². The minimum absolute atomic E-state index is 0.662. The second kappa shape index (κ2) is 5.57. The molecule has 1 N–H and O–H groups in total. The minimum atomic E-state index is 0.662. The normalized spacial score (nSPS) is 29.5. The number of rotatable bonds is 6. The van der Waals surface area contributed by atoms with Crippen molar-refractivity contribution in [3.63, 3.8) is 0 Å². The van der Waals surface area contributed by atoms with Crippen molar-refractivity contribution >= 4 is 0 Å². The van der Waals surface area contributed by atoms with Crippen LogP contribution in [0.1, 0.15) is 45.4 Å². The molecule has 5 heteroatoms. The molecular weight excluding hydrogens is 238 g/mol. The van der Waals surface area contributed by atoms with Crippen molar-refractivity contribution in [1.82, 2.24) is 25.5 Å². The fourth-order valence-corrected chi connectivity index (χ4v) is 3.79. The molecule has 2 bridgehead atoms. The van der Waals surface area contributed by atoms with Crippen molar-refractivity contribution in [2.45, 2.75) is 52.6 Å². The largest absolute Gasteiger partial charge is 0.310 e. The van der Waals surface area contributed by atoms with Crippen LogP contribution in [-0.2, 0) is 13.1 Å². The van der Waals surface area contributed by atoms with Crippen molar-refractivity contribution in [3.05, 3.63) is 5.82 Å². The predicted octanol–water partition coefficient (Wildman–Crippen LogP) is 1.85. The first-order valence-electron chi connectivity index (χ1n) is 7.68. The van der Waals surface area contributed by atoms with E-state index in [4.69, 9.17) is 0 Å². The van der Waals surface area contributed by atoms with Crippen molar-refractivity contribution in [2.24, 2.45) is 23.7 Å². The number of aromatic nitrogens is 4. The number of hydrogen-bond donors (Lipinski definition) is 1. The summed E-state index contributed by atoms with van der Waals surface area (Å²) in [5.74, 6) is 4.39. The SMILES string of the molecule is CC(C)CNCc1nnnn1CC1CC2CCC1C2. The van der Waals surface area contributed by atoms with Gasteiger partial charge in [-0.2, -0.15) is 0 Å². The molecule has 0 radical (unpaired) electrons. The number of hydrogen-bond acceptors (Lipinski definition) is 4. The van der Waals surface area contributed by atoms with Crippen LogP contribution in [0, 0.1) is 23.7 Å². The standard InChI is InChI=1S/C14H25N5/c1-10(2)7-15-8-14-16-17-18-19(14)9-13-6-11-3-4-12(13)5-11/h10-13,15H,3-9H2,1-2H3. The smallest absolute Gasteiger partial charge is 0.165 e. The van der Waals surface area contributed by atoms with Crippen LogP contribution < -0.4 is 5.32 Å². The highest BCUT2D eigenvalue weighted by Crippen LogP contribution is 2.48. The zero-order valence-electron chi connectivity index (χ0n) is 12.0. The molecule has 2 aliphatic rings. The van der Waals surface area contributed by atoms with Gasteiger partial charge in [-0.1, -0.05) is 20.3 Å². The maximum absolute atomic E-state index is 4.18. The highest BCUT2D eigenvalue weighted by Gasteiger charge is 2.39. The summed E-state index contributed by atoms with van der Waals surface area (Å²) < 4.78 is 2.03. The molecule has 2 fully saturated rings. The molecule has 1 heterocycles. The van der Waals surface area contributed by atoms with E-state index in [1.165, 1.54) is 25.7 Å². The Labute approximate surface area is 115 Å². The topological polar surface area (TPSA) is 55.6 Å². The molecule has 106 valence electrons. The van der Waals surface area contributed by atoms with Crippen molar-refractivity contribution in [1.29, 1.82) is 0 Å². The first-order chi connectivity index (χ1) is 9.22. The molecule has 0 saturated heterocycles. The highest BCUT2D eigenvalue weighted by molar-refractivity contribution is 4.91. The molecule has 3 atom stereocenters. The quantitative estimate of drug-likeness (QED) is 0.851. The van der Waals surface area contributed by atoms with E-state index in [2.05, 4.69) is 34.7 Å². The van der Waals surface area contributed by atoms with Crippen LogP contribution in [0.2, 0.25) is 0 Å². The lowest BCUT2D eigenvalue weighted by Crippen LogP contribution is -2.24. The number of nitrogens with zero attached hydrogens (tertiary/aromatic N) is 4. The molecule has 2 aliphatic carbocycles. The summed E-state index contributed by atoms with van der Waals surface area (Å²) in [6, 6.07) is 0. The van der Waals surface area contributed by atoms with Gasteiger partial charge in [-0.05, 0) is 59.9 Å². The number of tetrazole rings is 1. The van der Waals surface area contributed by atoms with E-state index in [1.54, 1.807) is 0 Å². The summed E-state index contributed by atoms with van der Waals surface area (Å²) in [6.07, 6.45) is 5.73. The average Bonchev–Trinajstić information content (AvgIpc) is 3.06. The fraction of sp³-hybridized carbons (Fsp3) is 0.929. The molecule has 3 rings (SSSR count). The third kappa shape index (κ3) is 2.96. The second-order valence-electron chi connectivity index (χ2n) is 6.74. The van der Waals surface area contributed by atoms with Crippen LogP contribution in [0.3, 0.4) is 0 Å². The molecule has 19 heavy (non-hydrogen) atoms. The van der Waals surface area contributed by atoms with E-state index in [0.29, 0.717) is 5.92 Å². The molecule has 1 aromatic heterocycles. The van der Waals surface area contributed by atoms with Crippen LogP contribution in [0.25, 0.3) is 0 Å². The Kier molecular flexibility index (Phi) is 3.82. The van der Waals surface area contributed by atoms with Crippen LogP contribution in [0.4, 0.5) is 0 Å². The van der Waals surface area contributed by atoms with Gasteiger partial charge in [0.1, 0.15) is 0 Å². The first-order valence-corrected chi connectivity index (χ1v) is 7.68. The monoisotopic (exact) mass is 263 g/mol. The molecular formula is C14H25N5. The van der Waals surface area contributed by atoms with Crippen molar-refractivity contribution in [2.75, 3.05) is 6.54 Å². The predicted molar refractivity (Wildman–Crippen MR) is 73.3 cm³/mol. The van der Waals surface area contributed by atoms with Crippen LogP contribution in [-0.4, -0.2) is 26.8 Å². The van der Waals surface area contributed by atoms with E-state index < -0.39 is 0 Å². The van der Waals surface area contributed by atoms with E-state index in [9.17, 15) is 0 Å². The van der Waals surface area contributed by atoms with Crippen molar-refractivity contribution in [3.8, 4) is 0 Å². The van der Waals surface area contributed by atoms with Gasteiger partial charge in [0.15, 0.2) is 5.82 Å². The van der Waals surface area contributed by atoms with Gasteiger partial charge in [0, 0.05) is 6.54 Å². The number of nitrogens with one attached hydrogen (secondary N) is 1. The fourth-order valence-electron chi connectivity index (χ4n) is 3.79. The Balaban J connectivity index is 1.55. The summed E-state index contributed by atoms with van der Waals surface area (Å²) >= 11 is 0. The minimum Gasteiger partial charge on any atom is -0.310 e. The lowest BCUT2D eigenvalue weighted by atomic mass is 9.89. The van der Waals surface area contributed by atoms with Gasteiger partial charge in [-0.3, -0.25) is 0 Å². The third-order valence-corrected chi connectivity index (χ3v) is 4.73. The van der Waals surface area contributed by atoms with E-state index in [1.807, 2.05) is 4.68 Å². The Morgan fingerprint density at radius 2 is 2.21 bits per heavy atom. The lowest BCUT2D eigenvalue weighted by Gasteiger charge is -2.21.